The second-order valence-corrected chi connectivity index (χ2v) is 6.17. The van der Waals surface area contributed by atoms with Gasteiger partial charge in [-0.05, 0) is 55.0 Å². The van der Waals surface area contributed by atoms with Gasteiger partial charge in [-0.1, -0.05) is 41.8 Å². The second kappa shape index (κ2) is 7.35. The Bertz CT molecular complexity index is 714. The van der Waals surface area contributed by atoms with Crippen molar-refractivity contribution in [3.05, 3.63) is 64.7 Å². The summed E-state index contributed by atoms with van der Waals surface area (Å²) in [6.45, 7) is 3.33. The van der Waals surface area contributed by atoms with Crippen LogP contribution in [-0.2, 0) is 13.0 Å². The summed E-state index contributed by atoms with van der Waals surface area (Å²) in [4.78, 5) is 0. The Balaban J connectivity index is 1.69. The van der Waals surface area contributed by atoms with E-state index in [1.807, 2.05) is 0 Å². The molecule has 2 heteroatoms. The third kappa shape index (κ3) is 3.94. The molecule has 0 saturated carbocycles. The fraction of sp³-hybridized carbons (Fsp3) is 0.333. The van der Waals surface area contributed by atoms with E-state index in [2.05, 4.69) is 60.6 Å². The molecular weight excluding hydrogens is 282 g/mol. The average molecular weight is 305 g/mol. The van der Waals surface area contributed by atoms with E-state index < -0.39 is 0 Å². The maximum atomic E-state index is 5.98. The molecule has 1 aliphatic rings. The fourth-order valence-electron chi connectivity index (χ4n) is 3.24. The molecule has 0 aromatic heterocycles. The van der Waals surface area contributed by atoms with Gasteiger partial charge in [0.1, 0.15) is 12.4 Å². The third-order valence-electron chi connectivity index (χ3n) is 4.37. The van der Waals surface area contributed by atoms with Crippen LogP contribution < -0.4 is 10.1 Å². The molecule has 1 aliphatic carbocycles. The smallest absolute Gasteiger partial charge is 0.120 e. The first-order valence-electron chi connectivity index (χ1n) is 8.24. The van der Waals surface area contributed by atoms with Gasteiger partial charge in [0.05, 0.1) is 6.54 Å². The highest BCUT2D eigenvalue weighted by molar-refractivity contribution is 5.39. The van der Waals surface area contributed by atoms with E-state index >= 15 is 0 Å². The highest BCUT2D eigenvalue weighted by atomic mass is 16.5. The number of terminal acetylenes is 1. The van der Waals surface area contributed by atoms with Gasteiger partial charge < -0.3 is 4.74 Å². The topological polar surface area (TPSA) is 21.3 Å². The number of rotatable bonds is 5. The van der Waals surface area contributed by atoms with Crippen LogP contribution in [0, 0.1) is 19.3 Å². The summed E-state index contributed by atoms with van der Waals surface area (Å²) in [6.07, 6.45) is 8.82. The molecular formula is C21H23NO. The largest absolute Gasteiger partial charge is 0.489 e. The predicted octanol–water partition coefficient (Wildman–Crippen LogP) is 4.17. The van der Waals surface area contributed by atoms with Gasteiger partial charge in [-0.2, -0.15) is 0 Å². The summed E-state index contributed by atoms with van der Waals surface area (Å²) in [5.41, 5.74) is 5.22. The van der Waals surface area contributed by atoms with Gasteiger partial charge in [0.15, 0.2) is 0 Å². The standard InChI is InChI=1S/C21H23NO/c1-3-12-22-21-9-5-8-18-14-19(10-11-20(18)21)23-15-17-7-4-6-16(2)13-17/h1,4,6-7,10-11,13-14,21-22H,5,8-9,12,15H2,2H3. The summed E-state index contributed by atoms with van der Waals surface area (Å²) in [6, 6.07) is 15.3. The lowest BCUT2D eigenvalue weighted by Crippen LogP contribution is -2.25. The Morgan fingerprint density at radius 2 is 2.17 bits per heavy atom. The molecule has 23 heavy (non-hydrogen) atoms. The van der Waals surface area contributed by atoms with E-state index in [1.165, 1.54) is 28.7 Å². The van der Waals surface area contributed by atoms with Gasteiger partial charge in [-0.15, -0.1) is 6.42 Å². The van der Waals surface area contributed by atoms with Gasteiger partial charge in [-0.3, -0.25) is 5.32 Å². The Morgan fingerprint density at radius 1 is 1.26 bits per heavy atom. The molecule has 0 aliphatic heterocycles. The van der Waals surface area contributed by atoms with Crippen molar-refractivity contribution in [2.45, 2.75) is 38.8 Å². The predicted molar refractivity (Wildman–Crippen MR) is 94.5 cm³/mol. The molecule has 0 amide bonds. The van der Waals surface area contributed by atoms with Crippen molar-refractivity contribution in [2.24, 2.45) is 0 Å². The van der Waals surface area contributed by atoms with Crippen LogP contribution in [0.5, 0.6) is 5.75 Å². The van der Waals surface area contributed by atoms with E-state index in [0.29, 0.717) is 19.2 Å². The van der Waals surface area contributed by atoms with E-state index in [-0.39, 0.29) is 0 Å². The number of benzene rings is 2. The van der Waals surface area contributed by atoms with E-state index in [1.54, 1.807) is 0 Å². The van der Waals surface area contributed by atoms with E-state index in [4.69, 9.17) is 11.2 Å². The van der Waals surface area contributed by atoms with Crippen LogP contribution in [0.1, 0.15) is 41.1 Å². The number of ether oxygens (including phenoxy) is 1. The molecule has 118 valence electrons. The van der Waals surface area contributed by atoms with Crippen molar-refractivity contribution in [2.75, 3.05) is 6.54 Å². The van der Waals surface area contributed by atoms with Gasteiger partial charge in [0, 0.05) is 6.04 Å². The zero-order valence-electron chi connectivity index (χ0n) is 13.6. The van der Waals surface area contributed by atoms with Crippen molar-refractivity contribution < 1.29 is 4.74 Å². The highest BCUT2D eigenvalue weighted by Crippen LogP contribution is 2.32. The molecule has 0 heterocycles. The molecule has 2 aromatic carbocycles. The van der Waals surface area contributed by atoms with Crippen LogP contribution in [0.25, 0.3) is 0 Å². The average Bonchev–Trinajstić information content (AvgIpc) is 2.58. The SMILES string of the molecule is C#CCNC1CCCc2cc(OCc3cccc(C)c3)ccc21. The number of nitrogens with one attached hydrogen (secondary N) is 1. The van der Waals surface area contributed by atoms with Crippen molar-refractivity contribution in [1.82, 2.24) is 5.32 Å². The molecule has 0 saturated heterocycles. The number of hydrogen-bond donors (Lipinski definition) is 1. The van der Waals surface area contributed by atoms with Crippen molar-refractivity contribution in [3.8, 4) is 18.1 Å². The van der Waals surface area contributed by atoms with Crippen LogP contribution in [0.15, 0.2) is 42.5 Å². The highest BCUT2D eigenvalue weighted by Gasteiger charge is 2.19. The zero-order chi connectivity index (χ0) is 16.1. The summed E-state index contributed by atoms with van der Waals surface area (Å²) in [5.74, 6) is 3.61. The second-order valence-electron chi connectivity index (χ2n) is 6.17. The molecule has 1 unspecified atom stereocenters. The van der Waals surface area contributed by atoms with E-state index in [9.17, 15) is 0 Å². The maximum absolute atomic E-state index is 5.98. The molecule has 3 rings (SSSR count). The number of aryl methyl sites for hydroxylation is 2. The van der Waals surface area contributed by atoms with Gasteiger partial charge in [0.2, 0.25) is 0 Å². The van der Waals surface area contributed by atoms with Crippen molar-refractivity contribution in [3.63, 3.8) is 0 Å². The summed E-state index contributed by atoms with van der Waals surface area (Å²) < 4.78 is 5.98. The maximum Gasteiger partial charge on any atom is 0.120 e. The van der Waals surface area contributed by atoms with Crippen molar-refractivity contribution in [1.29, 1.82) is 0 Å². The normalized spacial score (nSPS) is 16.4. The minimum Gasteiger partial charge on any atom is -0.489 e. The fourth-order valence-corrected chi connectivity index (χ4v) is 3.24. The molecule has 0 bridgehead atoms. The van der Waals surface area contributed by atoms with Gasteiger partial charge in [-0.25, -0.2) is 0 Å². The molecule has 0 spiro atoms. The number of fused-ring (bicyclic) bond motifs is 1. The Kier molecular flexibility index (Phi) is 5.00. The van der Waals surface area contributed by atoms with Gasteiger partial charge in [0.25, 0.3) is 0 Å². The van der Waals surface area contributed by atoms with E-state index in [0.717, 1.165) is 18.6 Å². The summed E-state index contributed by atoms with van der Waals surface area (Å²) in [5, 5.41) is 3.43. The van der Waals surface area contributed by atoms with Crippen molar-refractivity contribution >= 4 is 0 Å². The molecule has 2 nitrogen and oxygen atoms in total. The molecule has 0 fully saturated rings. The first kappa shape index (κ1) is 15.6. The Hall–Kier alpha value is -2.24. The van der Waals surface area contributed by atoms with Crippen LogP contribution >= 0.6 is 0 Å². The Morgan fingerprint density at radius 3 is 3.00 bits per heavy atom. The molecule has 1 N–H and O–H groups in total. The lowest BCUT2D eigenvalue weighted by atomic mass is 9.87. The lowest BCUT2D eigenvalue weighted by molar-refractivity contribution is 0.305. The first-order valence-corrected chi connectivity index (χ1v) is 8.24. The molecule has 0 radical (unpaired) electrons. The molecule has 2 aromatic rings. The zero-order valence-corrected chi connectivity index (χ0v) is 13.6. The lowest BCUT2D eigenvalue weighted by Gasteiger charge is -2.26. The quantitative estimate of drug-likeness (QED) is 0.837. The Labute approximate surface area is 138 Å². The minimum absolute atomic E-state index is 0.376. The van der Waals surface area contributed by atoms with Crippen LogP contribution in [-0.4, -0.2) is 6.54 Å². The third-order valence-corrected chi connectivity index (χ3v) is 4.37. The minimum atomic E-state index is 0.376. The van der Waals surface area contributed by atoms with Gasteiger partial charge >= 0.3 is 0 Å². The molecule has 1 atom stereocenters. The monoisotopic (exact) mass is 305 g/mol. The van der Waals surface area contributed by atoms with Crippen LogP contribution in [0.2, 0.25) is 0 Å². The first-order chi connectivity index (χ1) is 11.3. The summed E-state index contributed by atoms with van der Waals surface area (Å²) >= 11 is 0. The van der Waals surface area contributed by atoms with Crippen LogP contribution in [0.3, 0.4) is 0 Å². The number of hydrogen-bond acceptors (Lipinski definition) is 2. The van der Waals surface area contributed by atoms with Crippen LogP contribution in [0.4, 0.5) is 0 Å². The summed E-state index contributed by atoms with van der Waals surface area (Å²) in [7, 11) is 0.